The number of rotatable bonds is 10. The number of alkyl halides is 17. The number of anilines is 1. The van der Waals surface area contributed by atoms with Gasteiger partial charge in [0.05, 0.1) is 5.69 Å². The monoisotopic (exact) mass is 664 g/mol. The molecule has 0 spiro atoms. The molecule has 0 unspecified atom stereocenters. The average Bonchev–Trinajstić information content (AvgIpc) is 3.31. The molecule has 238 valence electrons. The first-order valence-electron chi connectivity index (χ1n) is 10.6. The number of nitrogens with zero attached hydrogens (tertiary/aromatic N) is 1. The maximum absolute atomic E-state index is 14.1. The highest BCUT2D eigenvalue weighted by atomic mass is 32.1. The Kier molecular flexibility index (Phi) is 8.74. The Morgan fingerprint density at radius 1 is 0.667 bits per heavy atom. The van der Waals surface area contributed by atoms with Gasteiger partial charge in [0.2, 0.25) is 0 Å². The van der Waals surface area contributed by atoms with Crippen LogP contribution in [0.3, 0.4) is 0 Å². The van der Waals surface area contributed by atoms with Crippen LogP contribution in [0.1, 0.15) is 25.3 Å². The first-order chi connectivity index (χ1) is 18.5. The van der Waals surface area contributed by atoms with Gasteiger partial charge in [-0.1, -0.05) is 38.1 Å². The van der Waals surface area contributed by atoms with E-state index in [4.69, 9.17) is 0 Å². The molecule has 0 fully saturated rings. The van der Waals surface area contributed by atoms with Gasteiger partial charge in [-0.3, -0.25) is 10.1 Å². The van der Waals surface area contributed by atoms with Crippen molar-refractivity contribution >= 4 is 22.4 Å². The summed E-state index contributed by atoms with van der Waals surface area (Å²) in [6, 6.07) is 5.97. The Bertz CT molecular complexity index is 1280. The van der Waals surface area contributed by atoms with E-state index in [9.17, 15) is 79.4 Å². The van der Waals surface area contributed by atoms with Crippen molar-refractivity contribution in [1.82, 2.24) is 4.98 Å². The summed E-state index contributed by atoms with van der Waals surface area (Å²) in [5, 5.41) is 0.701. The number of amides is 1. The van der Waals surface area contributed by atoms with E-state index in [1.54, 1.807) is 12.1 Å². The van der Waals surface area contributed by atoms with Crippen LogP contribution in [0.5, 0.6) is 0 Å². The summed E-state index contributed by atoms with van der Waals surface area (Å²) < 4.78 is 227. The van der Waals surface area contributed by atoms with E-state index in [2.05, 4.69) is 4.98 Å². The molecule has 0 aliphatic carbocycles. The zero-order chi connectivity index (χ0) is 33.1. The van der Waals surface area contributed by atoms with Crippen LogP contribution >= 0.6 is 11.3 Å². The molecular weight excluding hydrogens is 651 g/mol. The Hall–Kier alpha value is -2.87. The molecule has 21 heteroatoms. The topological polar surface area (TPSA) is 42.0 Å². The first-order valence-corrected chi connectivity index (χ1v) is 11.5. The van der Waals surface area contributed by atoms with Crippen molar-refractivity contribution in [1.29, 1.82) is 0 Å². The Balaban J connectivity index is 2.43. The minimum absolute atomic E-state index is 0.0473. The lowest BCUT2D eigenvalue weighted by atomic mass is 9.89. The zero-order valence-electron chi connectivity index (χ0n) is 20.2. The third kappa shape index (κ3) is 5.14. The molecule has 0 saturated heterocycles. The Labute approximate surface area is 226 Å². The number of halogens is 17. The molecule has 3 nitrogen and oxygen atoms in total. The molecule has 0 aliphatic heterocycles. The SMILES string of the molecule is CC(C)c1ccc(-c2csc(NC(=O)C(F)(F)C(F)(F)C(F)(F)C(F)(F)C(F)(F)C(F)(F)C(F)(F)C(F)(F)F)n2)cc1. The average molecular weight is 664 g/mol. The van der Waals surface area contributed by atoms with Gasteiger partial charge in [-0.25, -0.2) is 4.98 Å². The van der Waals surface area contributed by atoms with Gasteiger partial charge < -0.3 is 0 Å². The van der Waals surface area contributed by atoms with Gasteiger partial charge in [-0.05, 0) is 11.5 Å². The second-order valence-corrected chi connectivity index (χ2v) is 9.65. The lowest BCUT2D eigenvalue weighted by molar-refractivity contribution is -0.459. The highest BCUT2D eigenvalue weighted by Gasteiger charge is 2.95. The van der Waals surface area contributed by atoms with Crippen LogP contribution < -0.4 is 5.32 Å². The minimum atomic E-state index is -8.77. The number of benzene rings is 1. The molecule has 2 aromatic rings. The number of aromatic nitrogens is 1. The number of thiazole rings is 1. The van der Waals surface area contributed by atoms with Crippen molar-refractivity contribution in [2.75, 3.05) is 5.32 Å². The molecule has 0 atom stereocenters. The molecule has 0 aliphatic rings. The standard InChI is InChI=1S/C21H13F17N2OS/c1-8(2)9-3-5-10(6-4-9)11-7-42-13(39-11)40-12(41)14(22,23)15(24,25)16(26,27)17(28,29)18(30,31)19(32,33)20(34,35)21(36,37)38/h3-8H,1-2H3,(H,39,40,41). The smallest absolute Gasteiger partial charge is 0.296 e. The Morgan fingerprint density at radius 3 is 1.48 bits per heavy atom. The zero-order valence-corrected chi connectivity index (χ0v) is 21.0. The lowest BCUT2D eigenvalue weighted by Crippen LogP contribution is -2.75. The van der Waals surface area contributed by atoms with Gasteiger partial charge in [0.1, 0.15) is 0 Å². The number of carbonyl (C=O) groups is 1. The van der Waals surface area contributed by atoms with Crippen LogP contribution in [0.4, 0.5) is 79.8 Å². The van der Waals surface area contributed by atoms with Gasteiger partial charge in [0.25, 0.3) is 0 Å². The third-order valence-corrected chi connectivity index (χ3v) is 6.36. The maximum atomic E-state index is 14.1. The number of hydrogen-bond donors (Lipinski definition) is 1. The summed E-state index contributed by atoms with van der Waals surface area (Å²) in [4.78, 5) is 15.2. The van der Waals surface area contributed by atoms with E-state index in [0.29, 0.717) is 0 Å². The van der Waals surface area contributed by atoms with Crippen LogP contribution in [0.15, 0.2) is 29.6 Å². The third-order valence-electron chi connectivity index (χ3n) is 5.60. The van der Waals surface area contributed by atoms with Gasteiger partial charge in [0.15, 0.2) is 5.13 Å². The fraction of sp³-hybridized carbons (Fsp3) is 0.524. The molecule has 1 N–H and O–H groups in total. The van der Waals surface area contributed by atoms with Gasteiger partial charge >= 0.3 is 53.5 Å². The molecule has 0 bridgehead atoms. The van der Waals surface area contributed by atoms with Crippen LogP contribution in [0.25, 0.3) is 11.3 Å². The molecule has 1 amide bonds. The normalized spacial score (nSPS) is 14.9. The van der Waals surface area contributed by atoms with Crippen molar-refractivity contribution in [2.45, 2.75) is 67.4 Å². The van der Waals surface area contributed by atoms with E-state index in [0.717, 1.165) is 16.3 Å². The van der Waals surface area contributed by atoms with Crippen LogP contribution in [0.2, 0.25) is 0 Å². The maximum Gasteiger partial charge on any atom is 0.460 e. The van der Waals surface area contributed by atoms with Crippen LogP contribution in [-0.4, -0.2) is 58.5 Å². The number of carbonyl (C=O) groups excluding carboxylic acids is 1. The summed E-state index contributed by atoms with van der Waals surface area (Å²) in [6.07, 6.45) is -7.85. The lowest BCUT2D eigenvalue weighted by Gasteiger charge is -2.42. The van der Waals surface area contributed by atoms with E-state index in [1.807, 2.05) is 13.8 Å². The van der Waals surface area contributed by atoms with Gasteiger partial charge in [0, 0.05) is 10.9 Å². The fourth-order valence-electron chi connectivity index (χ4n) is 2.98. The molecule has 0 saturated carbocycles. The molecular formula is C21H13F17N2OS. The minimum Gasteiger partial charge on any atom is -0.296 e. The predicted molar refractivity (Wildman–Crippen MR) is 111 cm³/mol. The first kappa shape index (κ1) is 35.3. The fourth-order valence-corrected chi connectivity index (χ4v) is 3.70. The Morgan fingerprint density at radius 2 is 1.07 bits per heavy atom. The van der Waals surface area contributed by atoms with E-state index in [1.165, 1.54) is 12.1 Å². The van der Waals surface area contributed by atoms with E-state index < -0.39 is 58.7 Å². The largest absolute Gasteiger partial charge is 0.460 e. The second-order valence-electron chi connectivity index (χ2n) is 8.79. The highest BCUT2D eigenvalue weighted by Crippen LogP contribution is 2.64. The summed E-state index contributed by atoms with van der Waals surface area (Å²) >= 11 is 0.170. The van der Waals surface area contributed by atoms with Crippen molar-refractivity contribution in [2.24, 2.45) is 0 Å². The molecule has 1 heterocycles. The second kappa shape index (κ2) is 10.4. The highest BCUT2D eigenvalue weighted by molar-refractivity contribution is 7.14. The van der Waals surface area contributed by atoms with Crippen molar-refractivity contribution in [3.05, 3.63) is 35.2 Å². The quantitative estimate of drug-likeness (QED) is 0.258. The molecule has 2 rings (SSSR count). The van der Waals surface area contributed by atoms with E-state index in [-0.39, 0.29) is 28.5 Å². The number of nitrogens with one attached hydrogen (secondary N) is 1. The molecule has 42 heavy (non-hydrogen) atoms. The van der Waals surface area contributed by atoms with Gasteiger partial charge in [-0.15, -0.1) is 11.3 Å². The summed E-state index contributed by atoms with van der Waals surface area (Å²) in [6.45, 7) is 3.62. The van der Waals surface area contributed by atoms with Crippen molar-refractivity contribution in [3.8, 4) is 11.3 Å². The summed E-state index contributed by atoms with van der Waals surface area (Å²) in [5.74, 6) is -61.9. The molecule has 0 radical (unpaired) electrons. The molecule has 1 aromatic carbocycles. The van der Waals surface area contributed by atoms with E-state index >= 15 is 0 Å². The van der Waals surface area contributed by atoms with Crippen molar-refractivity contribution in [3.63, 3.8) is 0 Å². The van der Waals surface area contributed by atoms with Crippen molar-refractivity contribution < 1.29 is 79.4 Å². The summed E-state index contributed by atoms with van der Waals surface area (Å²) in [5.41, 5.74) is 0.871. The summed E-state index contributed by atoms with van der Waals surface area (Å²) in [7, 11) is 0. The predicted octanol–water partition coefficient (Wildman–Crippen LogP) is 8.88. The van der Waals surface area contributed by atoms with Crippen LogP contribution in [-0.2, 0) is 4.79 Å². The number of hydrogen-bond acceptors (Lipinski definition) is 3. The van der Waals surface area contributed by atoms with Gasteiger partial charge in [-0.2, -0.15) is 74.6 Å². The molecule has 1 aromatic heterocycles. The van der Waals surface area contributed by atoms with Crippen LogP contribution in [0, 0.1) is 0 Å².